The van der Waals surface area contributed by atoms with Gasteiger partial charge in [0.1, 0.15) is 0 Å². The minimum Gasteiger partial charge on any atom is -0.379 e. The number of morpholine rings is 1. The van der Waals surface area contributed by atoms with Gasteiger partial charge in [0.2, 0.25) is 0 Å². The Morgan fingerprint density at radius 1 is 1.42 bits per heavy atom. The number of hydrogen-bond donors (Lipinski definition) is 1. The molecule has 1 aromatic rings. The maximum atomic E-state index is 5.51. The second-order valence-electron chi connectivity index (χ2n) is 7.07. The lowest BCUT2D eigenvalue weighted by atomic mass is 10.0. The van der Waals surface area contributed by atoms with Crippen LogP contribution >= 0.6 is 35.3 Å². The molecule has 0 bridgehead atoms. The van der Waals surface area contributed by atoms with Crippen LogP contribution in [0.1, 0.15) is 31.0 Å². The topological polar surface area (TPSA) is 53.0 Å². The van der Waals surface area contributed by atoms with Gasteiger partial charge in [0.15, 0.2) is 5.96 Å². The molecule has 26 heavy (non-hydrogen) atoms. The normalized spacial score (nSPS) is 17.1. The van der Waals surface area contributed by atoms with Crippen LogP contribution in [0, 0.1) is 12.8 Å². The standard InChI is InChI=1S/C18H33N5OS.HI/c1-14(2)10-17(23-6-8-24-9-7-23)11-20-18(19-4)22(5)12-16-13-25-15(3)21-16;/h13-14,17H,6-12H2,1-5H3,(H,19,20);1H. The zero-order chi connectivity index (χ0) is 18.2. The van der Waals surface area contributed by atoms with Gasteiger partial charge in [-0.25, -0.2) is 4.98 Å². The van der Waals surface area contributed by atoms with Crippen molar-refractivity contribution in [2.75, 3.05) is 46.9 Å². The molecule has 1 fully saturated rings. The lowest BCUT2D eigenvalue weighted by Gasteiger charge is -2.36. The highest BCUT2D eigenvalue weighted by atomic mass is 127. The zero-order valence-corrected chi connectivity index (χ0v) is 19.8. The maximum absolute atomic E-state index is 5.51. The van der Waals surface area contributed by atoms with E-state index in [2.05, 4.69) is 51.4 Å². The van der Waals surface area contributed by atoms with Crippen molar-refractivity contribution in [1.82, 2.24) is 20.1 Å². The van der Waals surface area contributed by atoms with Gasteiger partial charge in [-0.3, -0.25) is 9.89 Å². The van der Waals surface area contributed by atoms with E-state index in [9.17, 15) is 0 Å². The van der Waals surface area contributed by atoms with Crippen molar-refractivity contribution in [3.63, 3.8) is 0 Å². The summed E-state index contributed by atoms with van der Waals surface area (Å²) in [6.45, 7) is 12.0. The fraction of sp³-hybridized carbons (Fsp3) is 0.778. The van der Waals surface area contributed by atoms with Gasteiger partial charge in [0, 0.05) is 45.2 Å². The molecule has 1 saturated heterocycles. The van der Waals surface area contributed by atoms with Crippen molar-refractivity contribution in [2.24, 2.45) is 10.9 Å². The van der Waals surface area contributed by atoms with E-state index in [1.807, 2.05) is 14.0 Å². The van der Waals surface area contributed by atoms with Crippen molar-refractivity contribution >= 4 is 41.3 Å². The van der Waals surface area contributed by atoms with Gasteiger partial charge in [0.05, 0.1) is 30.5 Å². The molecule has 1 atom stereocenters. The van der Waals surface area contributed by atoms with Gasteiger partial charge in [-0.15, -0.1) is 35.3 Å². The fourth-order valence-electron chi connectivity index (χ4n) is 3.24. The van der Waals surface area contributed by atoms with E-state index in [4.69, 9.17) is 4.74 Å². The zero-order valence-electron chi connectivity index (χ0n) is 16.7. The minimum absolute atomic E-state index is 0. The Morgan fingerprint density at radius 2 is 2.12 bits per heavy atom. The molecule has 0 saturated carbocycles. The number of hydrogen-bond acceptors (Lipinski definition) is 5. The summed E-state index contributed by atoms with van der Waals surface area (Å²) in [5, 5.41) is 6.79. The summed E-state index contributed by atoms with van der Waals surface area (Å²) in [5.41, 5.74) is 1.10. The average Bonchev–Trinajstić information content (AvgIpc) is 2.99. The second kappa shape index (κ2) is 12.1. The van der Waals surface area contributed by atoms with Gasteiger partial charge in [-0.05, 0) is 19.3 Å². The van der Waals surface area contributed by atoms with E-state index in [1.165, 1.54) is 6.42 Å². The number of aliphatic imine (C=N–C) groups is 1. The summed E-state index contributed by atoms with van der Waals surface area (Å²) < 4.78 is 5.51. The molecular formula is C18H34IN5OS. The van der Waals surface area contributed by atoms with E-state index in [1.54, 1.807) is 11.3 Å². The number of guanidine groups is 1. The van der Waals surface area contributed by atoms with E-state index in [0.717, 1.165) is 56.1 Å². The molecule has 150 valence electrons. The highest BCUT2D eigenvalue weighted by molar-refractivity contribution is 14.0. The van der Waals surface area contributed by atoms with Crippen molar-refractivity contribution in [1.29, 1.82) is 0 Å². The number of aromatic nitrogens is 1. The fourth-order valence-corrected chi connectivity index (χ4v) is 3.84. The third-order valence-corrected chi connectivity index (χ3v) is 5.26. The molecule has 0 aliphatic carbocycles. The Hall–Kier alpha value is -0.450. The van der Waals surface area contributed by atoms with Crippen molar-refractivity contribution in [3.05, 3.63) is 16.1 Å². The van der Waals surface area contributed by atoms with E-state index in [-0.39, 0.29) is 24.0 Å². The van der Waals surface area contributed by atoms with Gasteiger partial charge >= 0.3 is 0 Å². The van der Waals surface area contributed by atoms with Crippen molar-refractivity contribution in [3.8, 4) is 0 Å². The number of nitrogens with one attached hydrogen (secondary N) is 1. The van der Waals surface area contributed by atoms with E-state index in [0.29, 0.717) is 12.0 Å². The summed E-state index contributed by atoms with van der Waals surface area (Å²) in [4.78, 5) is 13.7. The molecule has 8 heteroatoms. The molecule has 0 amide bonds. The van der Waals surface area contributed by atoms with Crippen LogP contribution in [0.25, 0.3) is 0 Å². The van der Waals surface area contributed by atoms with Crippen LogP contribution < -0.4 is 5.32 Å². The molecule has 1 aliphatic rings. The predicted octanol–water partition coefficient (Wildman–Crippen LogP) is 2.82. The van der Waals surface area contributed by atoms with Crippen LogP contribution in [0.5, 0.6) is 0 Å². The number of nitrogens with zero attached hydrogens (tertiary/aromatic N) is 4. The monoisotopic (exact) mass is 495 g/mol. The Morgan fingerprint density at radius 3 is 2.65 bits per heavy atom. The highest BCUT2D eigenvalue weighted by Gasteiger charge is 2.22. The van der Waals surface area contributed by atoms with Gasteiger partial charge in [0.25, 0.3) is 0 Å². The molecular weight excluding hydrogens is 461 g/mol. The molecule has 0 radical (unpaired) electrons. The lowest BCUT2D eigenvalue weighted by molar-refractivity contribution is 0.0131. The lowest BCUT2D eigenvalue weighted by Crippen LogP contribution is -2.51. The molecule has 2 heterocycles. The number of aryl methyl sites for hydroxylation is 1. The third-order valence-electron chi connectivity index (χ3n) is 4.44. The predicted molar refractivity (Wildman–Crippen MR) is 121 cm³/mol. The smallest absolute Gasteiger partial charge is 0.193 e. The van der Waals surface area contributed by atoms with Crippen LogP contribution in [0.15, 0.2) is 10.4 Å². The second-order valence-corrected chi connectivity index (χ2v) is 8.14. The molecule has 6 nitrogen and oxygen atoms in total. The van der Waals surface area contributed by atoms with Gasteiger partial charge in [-0.2, -0.15) is 0 Å². The first-order valence-electron chi connectivity index (χ1n) is 9.14. The minimum atomic E-state index is 0. The Bertz CT molecular complexity index is 545. The number of ether oxygens (including phenoxy) is 1. The Labute approximate surface area is 179 Å². The Balaban J connectivity index is 0.00000338. The van der Waals surface area contributed by atoms with E-state index >= 15 is 0 Å². The van der Waals surface area contributed by atoms with Gasteiger partial charge < -0.3 is 15.0 Å². The molecule has 1 aliphatic heterocycles. The first-order valence-corrected chi connectivity index (χ1v) is 10.0. The van der Waals surface area contributed by atoms with Crippen LogP contribution in [0.3, 0.4) is 0 Å². The molecule has 0 spiro atoms. The third kappa shape index (κ3) is 7.66. The first kappa shape index (κ1) is 23.6. The molecule has 2 rings (SSSR count). The maximum Gasteiger partial charge on any atom is 0.193 e. The summed E-state index contributed by atoms with van der Waals surface area (Å²) in [5.74, 6) is 1.60. The average molecular weight is 495 g/mol. The van der Waals surface area contributed by atoms with Crippen LogP contribution in [0.4, 0.5) is 0 Å². The van der Waals surface area contributed by atoms with Crippen LogP contribution in [-0.4, -0.2) is 73.7 Å². The number of rotatable bonds is 7. The first-order chi connectivity index (χ1) is 12.0. The van der Waals surface area contributed by atoms with Crippen LogP contribution in [0.2, 0.25) is 0 Å². The van der Waals surface area contributed by atoms with E-state index < -0.39 is 0 Å². The molecule has 1 N–H and O–H groups in total. The highest BCUT2D eigenvalue weighted by Crippen LogP contribution is 2.13. The van der Waals surface area contributed by atoms with Crippen LogP contribution in [-0.2, 0) is 11.3 Å². The van der Waals surface area contributed by atoms with Gasteiger partial charge in [-0.1, -0.05) is 13.8 Å². The largest absolute Gasteiger partial charge is 0.379 e. The van der Waals surface area contributed by atoms with Crippen molar-refractivity contribution in [2.45, 2.75) is 39.8 Å². The summed E-state index contributed by atoms with van der Waals surface area (Å²) in [6.07, 6.45) is 1.18. The molecule has 1 unspecified atom stereocenters. The summed E-state index contributed by atoms with van der Waals surface area (Å²) >= 11 is 1.69. The molecule has 0 aromatic carbocycles. The summed E-state index contributed by atoms with van der Waals surface area (Å²) in [7, 11) is 3.91. The van der Waals surface area contributed by atoms with Crippen molar-refractivity contribution < 1.29 is 4.74 Å². The number of thiazole rings is 1. The number of halogens is 1. The summed E-state index contributed by atoms with van der Waals surface area (Å²) in [6, 6.07) is 0.510. The molecule has 1 aromatic heterocycles. The quantitative estimate of drug-likeness (QED) is 0.358. The SMILES string of the molecule is CN=C(NCC(CC(C)C)N1CCOCC1)N(C)Cc1csc(C)n1.I. The Kier molecular flexibility index (Phi) is 11.0.